The highest BCUT2D eigenvalue weighted by molar-refractivity contribution is 7.02. The van der Waals surface area contributed by atoms with Gasteiger partial charge in [0, 0.05) is 0 Å². The molecule has 1 N–H and O–H groups in total. The largest absolute Gasteiger partial charge is 0.323 e. The Morgan fingerprint density at radius 1 is 0.682 bits per heavy atom. The zero-order valence-corrected chi connectivity index (χ0v) is 15.6. The predicted octanol–water partition coefficient (Wildman–Crippen LogP) is 3.91. The molecule has 0 aromatic heterocycles. The summed E-state index contributed by atoms with van der Waals surface area (Å²) >= 11 is 0. The second kappa shape index (κ2) is 10.4. The Hall–Kier alpha value is -1.38. The molecule has 0 bridgehead atoms. The van der Waals surface area contributed by atoms with Gasteiger partial charge in [0.1, 0.15) is 8.07 Å². The molecule has 2 aromatic rings. The predicted molar refractivity (Wildman–Crippen MR) is 103 cm³/mol. The third kappa shape index (κ3) is 4.82. The molecule has 0 saturated carbocycles. The van der Waals surface area contributed by atoms with Crippen molar-refractivity contribution in [3.63, 3.8) is 0 Å². The minimum Gasteiger partial charge on any atom is -0.323 e. The lowest BCUT2D eigenvalue weighted by Gasteiger charge is -2.32. The maximum atomic E-state index is 2.75. The molecule has 2 heteroatoms. The van der Waals surface area contributed by atoms with Gasteiger partial charge in [0.15, 0.2) is 0 Å². The van der Waals surface area contributed by atoms with Gasteiger partial charge >= 0.3 is 0 Å². The van der Waals surface area contributed by atoms with Crippen LogP contribution in [-0.4, -0.2) is 22.2 Å². The average molecular weight is 314 g/mol. The SMILES string of the molecule is CCC[Si](CCC)(c1ccccc1)c1ccccc1.CNC. The molecule has 0 radical (unpaired) electrons. The van der Waals surface area contributed by atoms with E-state index < -0.39 is 8.07 Å². The van der Waals surface area contributed by atoms with Crippen LogP contribution in [0.3, 0.4) is 0 Å². The Balaban J connectivity index is 0.000000745. The van der Waals surface area contributed by atoms with Gasteiger partial charge in [0.25, 0.3) is 0 Å². The molecule has 120 valence electrons. The van der Waals surface area contributed by atoms with Crippen molar-refractivity contribution < 1.29 is 0 Å². The Kier molecular flexibility index (Phi) is 8.79. The van der Waals surface area contributed by atoms with Crippen molar-refractivity contribution in [3.05, 3.63) is 60.7 Å². The van der Waals surface area contributed by atoms with Crippen LogP contribution in [0.4, 0.5) is 0 Å². The lowest BCUT2D eigenvalue weighted by Crippen LogP contribution is -2.57. The van der Waals surface area contributed by atoms with Gasteiger partial charge in [0.2, 0.25) is 0 Å². The Morgan fingerprint density at radius 3 is 1.27 bits per heavy atom. The highest BCUT2D eigenvalue weighted by Gasteiger charge is 2.34. The molecular weight excluding hydrogens is 282 g/mol. The molecule has 0 amide bonds. The van der Waals surface area contributed by atoms with Crippen molar-refractivity contribution in [2.75, 3.05) is 14.1 Å². The molecule has 2 rings (SSSR count). The van der Waals surface area contributed by atoms with Gasteiger partial charge in [-0.25, -0.2) is 0 Å². The standard InChI is InChI=1S/C18H24Si.C2H7N/c1-3-15-19(16-4-2,17-11-7-5-8-12-17)18-13-9-6-10-14-18;1-3-2/h5-14H,3-4,15-16H2,1-2H3;3H,1-2H3. The van der Waals surface area contributed by atoms with Crippen LogP contribution in [0.5, 0.6) is 0 Å². The van der Waals surface area contributed by atoms with Crippen LogP contribution in [-0.2, 0) is 0 Å². The summed E-state index contributed by atoms with van der Waals surface area (Å²) in [6.07, 6.45) is 2.55. The maximum absolute atomic E-state index is 2.75. The lowest BCUT2D eigenvalue weighted by atomic mass is 10.4. The number of nitrogens with one attached hydrogen (secondary N) is 1. The summed E-state index contributed by atoms with van der Waals surface area (Å²) in [6.45, 7) is 4.65. The first-order valence-electron chi connectivity index (χ1n) is 8.44. The summed E-state index contributed by atoms with van der Waals surface area (Å²) in [4.78, 5) is 0. The van der Waals surface area contributed by atoms with E-state index in [1.165, 1.54) is 24.9 Å². The minimum atomic E-state index is -1.55. The van der Waals surface area contributed by atoms with E-state index in [0.717, 1.165) is 0 Å². The van der Waals surface area contributed by atoms with Crippen molar-refractivity contribution in [2.24, 2.45) is 0 Å². The Bertz CT molecular complexity index is 448. The van der Waals surface area contributed by atoms with E-state index in [0.29, 0.717) is 0 Å². The zero-order valence-electron chi connectivity index (χ0n) is 14.6. The van der Waals surface area contributed by atoms with Gasteiger partial charge in [-0.05, 0) is 26.2 Å². The number of hydrogen-bond donors (Lipinski definition) is 1. The highest BCUT2D eigenvalue weighted by atomic mass is 28.3. The summed E-state index contributed by atoms with van der Waals surface area (Å²) in [6, 6.07) is 25.2. The van der Waals surface area contributed by atoms with E-state index in [2.05, 4.69) is 79.8 Å². The van der Waals surface area contributed by atoms with Crippen LogP contribution < -0.4 is 15.7 Å². The summed E-state index contributed by atoms with van der Waals surface area (Å²) in [5, 5.41) is 5.95. The van der Waals surface area contributed by atoms with Gasteiger partial charge in [-0.3, -0.25) is 0 Å². The molecule has 0 spiro atoms. The highest BCUT2D eigenvalue weighted by Crippen LogP contribution is 2.20. The van der Waals surface area contributed by atoms with Crippen LogP contribution >= 0.6 is 0 Å². The van der Waals surface area contributed by atoms with Crippen LogP contribution in [0.2, 0.25) is 12.1 Å². The smallest absolute Gasteiger partial charge is 0.118 e. The van der Waals surface area contributed by atoms with Gasteiger partial charge in [-0.1, -0.05) is 97.7 Å². The van der Waals surface area contributed by atoms with Gasteiger partial charge in [0.05, 0.1) is 0 Å². The minimum absolute atomic E-state index is 1.27. The van der Waals surface area contributed by atoms with E-state index in [4.69, 9.17) is 0 Å². The molecule has 22 heavy (non-hydrogen) atoms. The van der Waals surface area contributed by atoms with E-state index in [-0.39, 0.29) is 0 Å². The fourth-order valence-corrected chi connectivity index (χ4v) is 8.34. The molecule has 1 nitrogen and oxygen atoms in total. The molecule has 0 aliphatic carbocycles. The van der Waals surface area contributed by atoms with Crippen molar-refractivity contribution in [3.8, 4) is 0 Å². The molecule has 0 saturated heterocycles. The van der Waals surface area contributed by atoms with Gasteiger partial charge in [-0.15, -0.1) is 0 Å². The van der Waals surface area contributed by atoms with Crippen molar-refractivity contribution in [2.45, 2.75) is 38.8 Å². The second-order valence-electron chi connectivity index (χ2n) is 5.81. The van der Waals surface area contributed by atoms with Crippen LogP contribution in [0.25, 0.3) is 0 Å². The molecule has 0 aliphatic heterocycles. The quantitative estimate of drug-likeness (QED) is 0.798. The topological polar surface area (TPSA) is 12.0 Å². The number of rotatable bonds is 6. The maximum Gasteiger partial charge on any atom is 0.118 e. The Morgan fingerprint density at radius 2 is 1.00 bits per heavy atom. The monoisotopic (exact) mass is 313 g/mol. The first kappa shape index (κ1) is 18.7. The lowest BCUT2D eigenvalue weighted by molar-refractivity contribution is 0.997. The molecule has 0 atom stereocenters. The molecule has 0 fully saturated rings. The average Bonchev–Trinajstić information content (AvgIpc) is 2.57. The summed E-state index contributed by atoms with van der Waals surface area (Å²) in [5.74, 6) is 0. The first-order valence-corrected chi connectivity index (χ1v) is 10.9. The summed E-state index contributed by atoms with van der Waals surface area (Å²) < 4.78 is 0. The van der Waals surface area contributed by atoms with Crippen LogP contribution in [0.1, 0.15) is 26.7 Å². The van der Waals surface area contributed by atoms with Crippen molar-refractivity contribution in [1.29, 1.82) is 0 Å². The number of benzene rings is 2. The van der Waals surface area contributed by atoms with Crippen molar-refractivity contribution in [1.82, 2.24) is 5.32 Å². The third-order valence-corrected chi connectivity index (χ3v) is 9.59. The number of hydrogen-bond acceptors (Lipinski definition) is 1. The molecule has 0 heterocycles. The third-order valence-electron chi connectivity index (χ3n) is 4.01. The summed E-state index contributed by atoms with van der Waals surface area (Å²) in [7, 11) is 2.20. The molecule has 2 aromatic carbocycles. The first-order chi connectivity index (χ1) is 10.7. The van der Waals surface area contributed by atoms with Crippen molar-refractivity contribution >= 4 is 18.4 Å². The molecule has 0 unspecified atom stereocenters. The Labute approximate surface area is 137 Å². The zero-order chi connectivity index (χ0) is 16.3. The van der Waals surface area contributed by atoms with E-state index in [9.17, 15) is 0 Å². The fraction of sp³-hybridized carbons (Fsp3) is 0.400. The summed E-state index contributed by atoms with van der Waals surface area (Å²) in [5.41, 5.74) is 0. The fourth-order valence-electron chi connectivity index (χ4n) is 3.24. The molecular formula is C20H31NSi. The van der Waals surface area contributed by atoms with E-state index >= 15 is 0 Å². The van der Waals surface area contributed by atoms with Gasteiger partial charge in [-0.2, -0.15) is 0 Å². The normalized spacial score (nSPS) is 10.7. The van der Waals surface area contributed by atoms with Crippen LogP contribution in [0.15, 0.2) is 60.7 Å². The molecule has 0 aliphatic rings. The second-order valence-corrected chi connectivity index (χ2v) is 10.1. The van der Waals surface area contributed by atoms with Crippen LogP contribution in [0, 0.1) is 0 Å². The van der Waals surface area contributed by atoms with E-state index in [1.807, 2.05) is 14.1 Å². The van der Waals surface area contributed by atoms with E-state index in [1.54, 1.807) is 10.4 Å². The van der Waals surface area contributed by atoms with Gasteiger partial charge < -0.3 is 5.32 Å².